The smallest absolute Gasteiger partial charge is 0.323 e. The molecule has 0 saturated carbocycles. The SMILES string of the molecule is CC(C)CN/C=C1/SC(=S)N(CC(=O)O)C1=O. The number of rotatable bonds is 5. The van der Waals surface area contributed by atoms with Crippen LogP contribution in [0.2, 0.25) is 0 Å². The zero-order chi connectivity index (χ0) is 13.0. The van der Waals surface area contributed by atoms with Crippen molar-refractivity contribution in [3.63, 3.8) is 0 Å². The lowest BCUT2D eigenvalue weighted by Crippen LogP contribution is -2.33. The molecule has 1 heterocycles. The Morgan fingerprint density at radius 2 is 2.29 bits per heavy atom. The van der Waals surface area contributed by atoms with Crippen LogP contribution >= 0.6 is 24.0 Å². The fraction of sp³-hybridized carbons (Fsp3) is 0.500. The quantitative estimate of drug-likeness (QED) is 0.576. The topological polar surface area (TPSA) is 69.6 Å². The molecule has 0 bridgehead atoms. The third-order valence-corrected chi connectivity index (χ3v) is 3.30. The molecule has 0 aromatic rings. The number of thiocarbonyl (C=S) groups is 1. The van der Waals surface area contributed by atoms with Gasteiger partial charge in [-0.15, -0.1) is 0 Å². The highest BCUT2D eigenvalue weighted by molar-refractivity contribution is 8.26. The van der Waals surface area contributed by atoms with Gasteiger partial charge in [0.15, 0.2) is 0 Å². The second-order valence-corrected chi connectivity index (χ2v) is 5.64. The van der Waals surface area contributed by atoms with E-state index in [1.165, 1.54) is 0 Å². The maximum atomic E-state index is 11.8. The first-order valence-electron chi connectivity index (χ1n) is 5.11. The highest BCUT2D eigenvalue weighted by Crippen LogP contribution is 2.29. The molecule has 0 unspecified atom stereocenters. The van der Waals surface area contributed by atoms with Crippen molar-refractivity contribution in [3.05, 3.63) is 11.1 Å². The van der Waals surface area contributed by atoms with E-state index in [9.17, 15) is 9.59 Å². The van der Waals surface area contributed by atoms with Gasteiger partial charge in [-0.05, 0) is 5.92 Å². The molecule has 2 N–H and O–H groups in total. The molecule has 1 aliphatic rings. The first-order chi connectivity index (χ1) is 7.91. The molecule has 0 aliphatic carbocycles. The summed E-state index contributed by atoms with van der Waals surface area (Å²) in [5.74, 6) is -0.952. The number of aliphatic carboxylic acids is 1. The number of hydrogen-bond donors (Lipinski definition) is 2. The van der Waals surface area contributed by atoms with E-state index >= 15 is 0 Å². The summed E-state index contributed by atoms with van der Waals surface area (Å²) >= 11 is 6.07. The van der Waals surface area contributed by atoms with Crippen molar-refractivity contribution >= 4 is 40.2 Å². The van der Waals surface area contributed by atoms with Crippen LogP contribution in [0.4, 0.5) is 0 Å². The number of carbonyl (C=O) groups is 2. The normalized spacial score (nSPS) is 18.3. The average Bonchev–Trinajstić information content (AvgIpc) is 2.45. The van der Waals surface area contributed by atoms with Crippen LogP contribution in [0.3, 0.4) is 0 Å². The first kappa shape index (κ1) is 14.0. The van der Waals surface area contributed by atoms with Gasteiger partial charge in [-0.1, -0.05) is 37.8 Å². The van der Waals surface area contributed by atoms with Gasteiger partial charge in [-0.2, -0.15) is 0 Å². The molecule has 0 spiro atoms. The number of carboxylic acid groups (broad SMARTS) is 1. The molecular formula is C10H14N2O3S2. The average molecular weight is 274 g/mol. The van der Waals surface area contributed by atoms with Gasteiger partial charge in [0.05, 0.1) is 4.91 Å². The second kappa shape index (κ2) is 6.02. The van der Waals surface area contributed by atoms with E-state index in [0.29, 0.717) is 10.8 Å². The van der Waals surface area contributed by atoms with Crippen molar-refractivity contribution in [2.24, 2.45) is 5.92 Å². The highest BCUT2D eigenvalue weighted by Gasteiger charge is 2.33. The van der Waals surface area contributed by atoms with Crippen LogP contribution in [0.1, 0.15) is 13.8 Å². The van der Waals surface area contributed by atoms with Gasteiger partial charge in [0, 0.05) is 12.7 Å². The maximum Gasteiger partial charge on any atom is 0.323 e. The van der Waals surface area contributed by atoms with Gasteiger partial charge >= 0.3 is 5.97 Å². The predicted octanol–water partition coefficient (Wildman–Crippen LogP) is 1.02. The van der Waals surface area contributed by atoms with Gasteiger partial charge < -0.3 is 10.4 Å². The van der Waals surface area contributed by atoms with Crippen LogP contribution in [0.5, 0.6) is 0 Å². The van der Waals surface area contributed by atoms with Gasteiger partial charge in [0.2, 0.25) is 0 Å². The van der Waals surface area contributed by atoms with Gasteiger partial charge in [0.1, 0.15) is 10.9 Å². The Morgan fingerprint density at radius 1 is 1.65 bits per heavy atom. The number of amides is 1. The monoisotopic (exact) mass is 274 g/mol. The van der Waals surface area contributed by atoms with E-state index in [-0.39, 0.29) is 16.8 Å². The Balaban J connectivity index is 2.64. The van der Waals surface area contributed by atoms with Crippen molar-refractivity contribution in [2.45, 2.75) is 13.8 Å². The third-order valence-electron chi connectivity index (χ3n) is 1.93. The zero-order valence-corrected chi connectivity index (χ0v) is 11.2. The minimum Gasteiger partial charge on any atom is -0.480 e. The Kier molecular flexibility index (Phi) is 4.95. The number of carbonyl (C=O) groups excluding carboxylic acids is 1. The van der Waals surface area contributed by atoms with Gasteiger partial charge in [0.25, 0.3) is 5.91 Å². The second-order valence-electron chi connectivity index (χ2n) is 3.96. The zero-order valence-electron chi connectivity index (χ0n) is 9.60. The van der Waals surface area contributed by atoms with E-state index in [4.69, 9.17) is 17.3 Å². The van der Waals surface area contributed by atoms with Crippen molar-refractivity contribution in [1.82, 2.24) is 10.2 Å². The highest BCUT2D eigenvalue weighted by atomic mass is 32.2. The number of thioether (sulfide) groups is 1. The van der Waals surface area contributed by atoms with Crippen molar-refractivity contribution < 1.29 is 14.7 Å². The number of carboxylic acids is 1. The van der Waals surface area contributed by atoms with Crippen LogP contribution in [0.15, 0.2) is 11.1 Å². The summed E-state index contributed by atoms with van der Waals surface area (Å²) in [5, 5.41) is 11.7. The predicted molar refractivity (Wildman–Crippen MR) is 70.5 cm³/mol. The molecule has 0 aromatic heterocycles. The largest absolute Gasteiger partial charge is 0.480 e. The fourth-order valence-corrected chi connectivity index (χ4v) is 2.36. The molecule has 1 fully saturated rings. The fourth-order valence-electron chi connectivity index (χ4n) is 1.16. The number of hydrogen-bond acceptors (Lipinski definition) is 5. The van der Waals surface area contributed by atoms with Gasteiger partial charge in [-0.3, -0.25) is 14.5 Å². The van der Waals surface area contributed by atoms with Crippen molar-refractivity contribution in [1.29, 1.82) is 0 Å². The molecule has 0 radical (unpaired) electrons. The Morgan fingerprint density at radius 3 is 2.82 bits per heavy atom. The molecule has 7 heteroatoms. The van der Waals surface area contributed by atoms with E-state index in [1.807, 2.05) is 0 Å². The summed E-state index contributed by atoms with van der Waals surface area (Å²) in [6, 6.07) is 0. The van der Waals surface area contributed by atoms with Crippen molar-refractivity contribution in [3.8, 4) is 0 Å². The van der Waals surface area contributed by atoms with E-state index < -0.39 is 5.97 Å². The molecule has 1 amide bonds. The minimum absolute atomic E-state index is 0.287. The minimum atomic E-state index is -1.07. The summed E-state index contributed by atoms with van der Waals surface area (Å²) in [6.45, 7) is 4.47. The summed E-state index contributed by atoms with van der Waals surface area (Å²) in [7, 11) is 0. The van der Waals surface area contributed by atoms with E-state index in [2.05, 4.69) is 19.2 Å². The Bertz CT molecular complexity index is 380. The Hall–Kier alpha value is -1.08. The molecule has 1 saturated heterocycles. The Labute approximate surface area is 109 Å². The van der Waals surface area contributed by atoms with E-state index in [1.54, 1.807) is 6.20 Å². The van der Waals surface area contributed by atoms with Crippen LogP contribution in [-0.2, 0) is 9.59 Å². The lowest BCUT2D eigenvalue weighted by molar-refractivity contribution is -0.140. The molecule has 0 atom stereocenters. The molecular weight excluding hydrogens is 260 g/mol. The maximum absolute atomic E-state index is 11.8. The number of nitrogens with zero attached hydrogens (tertiary/aromatic N) is 1. The standard InChI is InChI=1S/C10H14N2O3S2/c1-6(2)3-11-4-7-9(15)12(5-8(13)14)10(16)17-7/h4,6,11H,3,5H2,1-2H3,(H,13,14)/b7-4+. The summed E-state index contributed by atoms with van der Waals surface area (Å²) < 4.78 is 0.287. The first-order valence-corrected chi connectivity index (χ1v) is 6.33. The number of nitrogens with one attached hydrogen (secondary N) is 1. The summed E-state index contributed by atoms with van der Waals surface area (Å²) in [6.07, 6.45) is 1.60. The van der Waals surface area contributed by atoms with Crippen LogP contribution in [-0.4, -0.2) is 39.3 Å². The van der Waals surface area contributed by atoms with Gasteiger partial charge in [-0.25, -0.2) is 0 Å². The molecule has 1 rings (SSSR count). The third kappa shape index (κ3) is 4.01. The molecule has 1 aliphatic heterocycles. The van der Waals surface area contributed by atoms with Crippen LogP contribution < -0.4 is 5.32 Å². The van der Waals surface area contributed by atoms with E-state index in [0.717, 1.165) is 23.2 Å². The summed E-state index contributed by atoms with van der Waals surface area (Å²) in [4.78, 5) is 23.9. The summed E-state index contributed by atoms with van der Waals surface area (Å²) in [5.41, 5.74) is 0. The van der Waals surface area contributed by atoms with Crippen LogP contribution in [0.25, 0.3) is 0 Å². The molecule has 17 heavy (non-hydrogen) atoms. The molecule has 94 valence electrons. The van der Waals surface area contributed by atoms with Crippen molar-refractivity contribution in [2.75, 3.05) is 13.1 Å². The van der Waals surface area contributed by atoms with Crippen LogP contribution in [0, 0.1) is 5.92 Å². The molecule has 5 nitrogen and oxygen atoms in total. The molecule has 0 aromatic carbocycles. The lowest BCUT2D eigenvalue weighted by Gasteiger charge is -2.10. The lowest BCUT2D eigenvalue weighted by atomic mass is 10.2.